The van der Waals surface area contributed by atoms with Gasteiger partial charge in [0.1, 0.15) is 0 Å². The Morgan fingerprint density at radius 2 is 0.762 bits per heavy atom. The van der Waals surface area contributed by atoms with E-state index in [1.165, 1.54) is 94.7 Å². The maximum absolute atomic E-state index is 2.48. The van der Waals surface area contributed by atoms with E-state index in [1.54, 1.807) is 0 Å². The highest BCUT2D eigenvalue weighted by Gasteiger charge is 2.59. The largest absolute Gasteiger partial charge is 0.310 e. The Hall–Kier alpha value is -7.74. The molecule has 0 aliphatic heterocycles. The van der Waals surface area contributed by atoms with E-state index in [0.29, 0.717) is 0 Å². The molecule has 1 nitrogen and oxygen atoms in total. The lowest BCUT2D eigenvalue weighted by molar-refractivity contribution is 0.629. The molecule has 0 saturated carbocycles. The number of hydrogen-bond acceptors (Lipinski definition) is 1. The Morgan fingerprint density at radius 3 is 1.32 bits per heavy atom. The summed E-state index contributed by atoms with van der Waals surface area (Å²) in [6.45, 7) is 0. The van der Waals surface area contributed by atoms with Crippen LogP contribution in [-0.2, 0) is 10.8 Å². The molecule has 0 N–H and O–H groups in total. The first-order valence-corrected chi connectivity index (χ1v) is 22.3. The second kappa shape index (κ2) is 13.9. The zero-order valence-corrected chi connectivity index (χ0v) is 34.9. The number of anilines is 3. The monoisotopic (exact) mass is 801 g/mol. The van der Waals surface area contributed by atoms with E-state index in [4.69, 9.17) is 0 Å². The van der Waals surface area contributed by atoms with Crippen molar-refractivity contribution in [2.75, 3.05) is 4.90 Å². The lowest BCUT2D eigenvalue weighted by Gasteiger charge is -2.49. The van der Waals surface area contributed by atoms with Gasteiger partial charge in [-0.25, -0.2) is 0 Å². The molecular formula is C62H43N. The molecule has 296 valence electrons. The van der Waals surface area contributed by atoms with Crippen LogP contribution in [0.4, 0.5) is 17.1 Å². The second-order valence-electron chi connectivity index (χ2n) is 17.4. The van der Waals surface area contributed by atoms with E-state index < -0.39 is 10.8 Å². The minimum Gasteiger partial charge on any atom is -0.310 e. The Morgan fingerprint density at radius 1 is 0.333 bits per heavy atom. The summed E-state index contributed by atoms with van der Waals surface area (Å²) in [6.07, 6.45) is 7.00. The smallest absolute Gasteiger partial charge is 0.0720 e. The van der Waals surface area contributed by atoms with Crippen molar-refractivity contribution in [2.24, 2.45) is 0 Å². The maximum Gasteiger partial charge on any atom is 0.0720 e. The molecule has 0 saturated heterocycles. The van der Waals surface area contributed by atoms with Gasteiger partial charge in [-0.2, -0.15) is 0 Å². The van der Waals surface area contributed by atoms with Gasteiger partial charge in [-0.05, 0) is 127 Å². The minimum atomic E-state index is -0.559. The molecule has 13 rings (SSSR count). The highest BCUT2D eigenvalue weighted by Crippen LogP contribution is 2.68. The van der Waals surface area contributed by atoms with E-state index in [-0.39, 0.29) is 0 Å². The van der Waals surface area contributed by atoms with E-state index in [0.717, 1.165) is 24.2 Å². The van der Waals surface area contributed by atoms with Crippen molar-refractivity contribution in [2.45, 2.75) is 23.7 Å². The van der Waals surface area contributed by atoms with E-state index in [2.05, 4.69) is 242 Å². The molecule has 63 heavy (non-hydrogen) atoms. The van der Waals surface area contributed by atoms with Crippen LogP contribution in [0.3, 0.4) is 0 Å². The molecule has 4 aliphatic carbocycles. The maximum atomic E-state index is 2.48. The highest BCUT2D eigenvalue weighted by molar-refractivity contribution is 6.00. The molecule has 9 aromatic carbocycles. The molecule has 2 spiro atoms. The van der Waals surface area contributed by atoms with Crippen LogP contribution in [0.5, 0.6) is 0 Å². The summed E-state index contributed by atoms with van der Waals surface area (Å²) < 4.78 is 0. The quantitative estimate of drug-likeness (QED) is 0.168. The molecule has 4 aliphatic rings. The lowest BCUT2D eigenvalue weighted by atomic mass is 9.52. The number of hydrogen-bond donors (Lipinski definition) is 0. The van der Waals surface area contributed by atoms with Crippen LogP contribution in [0.25, 0.3) is 39.0 Å². The van der Waals surface area contributed by atoms with Crippen LogP contribution < -0.4 is 4.90 Å². The topological polar surface area (TPSA) is 3.24 Å². The van der Waals surface area contributed by atoms with Crippen molar-refractivity contribution in [3.05, 3.63) is 287 Å². The number of fused-ring (bicyclic) bond motifs is 15. The van der Waals surface area contributed by atoms with Gasteiger partial charge < -0.3 is 4.90 Å². The Bertz CT molecular complexity index is 3180. The molecule has 9 aromatic rings. The van der Waals surface area contributed by atoms with Gasteiger partial charge in [0.2, 0.25) is 0 Å². The van der Waals surface area contributed by atoms with Gasteiger partial charge in [0.25, 0.3) is 0 Å². The fraction of sp³-hybridized carbons (Fsp3) is 0.0645. The molecule has 0 radical (unpaired) electrons. The molecular weight excluding hydrogens is 759 g/mol. The van der Waals surface area contributed by atoms with Gasteiger partial charge >= 0.3 is 0 Å². The normalized spacial score (nSPS) is 18.3. The fourth-order valence-electron chi connectivity index (χ4n) is 12.0. The van der Waals surface area contributed by atoms with Crippen LogP contribution >= 0.6 is 0 Å². The Kier molecular flexibility index (Phi) is 7.93. The first kappa shape index (κ1) is 36.0. The van der Waals surface area contributed by atoms with Crippen LogP contribution in [0.1, 0.15) is 57.3 Å². The third kappa shape index (κ3) is 4.94. The van der Waals surface area contributed by atoms with Crippen LogP contribution in [-0.4, -0.2) is 0 Å². The van der Waals surface area contributed by atoms with E-state index in [1.807, 2.05) is 0 Å². The standard InChI is InChI=1S/C62H43N/c1-3-18-42(19-4-1)44-34-38-46(39-35-44)63(47-40-36-45(37-41-47)43-20-5-2-6-21-43)59-33-17-32-58-60(59)50-24-9-12-27-53(50)62(58)56-30-15-13-28-54(56)61(55-29-14-16-31-57(55)62)51-25-10-7-22-48(51)49-23-8-11-26-52(49)61/h1-7,9-22,24-41H,8,23H2. The zero-order valence-electron chi connectivity index (χ0n) is 34.9. The molecule has 0 bridgehead atoms. The molecule has 1 heteroatoms. The van der Waals surface area contributed by atoms with Crippen molar-refractivity contribution in [1.82, 2.24) is 0 Å². The molecule has 0 fully saturated rings. The van der Waals surface area contributed by atoms with Crippen LogP contribution in [0.15, 0.2) is 242 Å². The number of rotatable bonds is 5. The van der Waals surface area contributed by atoms with Gasteiger partial charge in [-0.3, -0.25) is 0 Å². The molecule has 0 unspecified atom stereocenters. The minimum absolute atomic E-state index is 0.427. The molecule has 0 aromatic heterocycles. The number of benzene rings is 9. The van der Waals surface area contributed by atoms with Gasteiger partial charge in [-0.1, -0.05) is 206 Å². The first-order chi connectivity index (χ1) is 31.3. The van der Waals surface area contributed by atoms with Crippen molar-refractivity contribution in [1.29, 1.82) is 0 Å². The predicted octanol–water partition coefficient (Wildman–Crippen LogP) is 15.6. The SMILES string of the molecule is C1=CC2=C(CC1)c1ccccc1C21c2ccccc2C2(c3ccccc3-c3c(N(c4ccc(-c5ccccc5)cc4)c4ccc(-c5ccccc5)cc4)cccc32)c2ccccc21. The van der Waals surface area contributed by atoms with Gasteiger partial charge in [0.05, 0.1) is 16.5 Å². The summed E-state index contributed by atoms with van der Waals surface area (Å²) in [5, 5.41) is 0. The number of nitrogens with zero attached hydrogens (tertiary/aromatic N) is 1. The number of allylic oxidation sites excluding steroid dienone is 4. The van der Waals surface area contributed by atoms with Crippen LogP contribution in [0.2, 0.25) is 0 Å². The van der Waals surface area contributed by atoms with Crippen molar-refractivity contribution in [3.8, 4) is 33.4 Å². The summed E-state index contributed by atoms with van der Waals surface area (Å²) in [5.41, 5.74) is 23.7. The van der Waals surface area contributed by atoms with Crippen molar-refractivity contribution < 1.29 is 0 Å². The average molecular weight is 802 g/mol. The average Bonchev–Trinajstić information content (AvgIpc) is 3.83. The summed E-state index contributed by atoms with van der Waals surface area (Å²) in [6, 6.07) is 84.0. The third-order valence-electron chi connectivity index (χ3n) is 14.5. The van der Waals surface area contributed by atoms with Gasteiger partial charge in [-0.15, -0.1) is 0 Å². The molecule has 0 heterocycles. The Labute approximate surface area is 369 Å². The Balaban J connectivity index is 1.08. The van der Waals surface area contributed by atoms with Crippen LogP contribution in [0, 0.1) is 0 Å². The predicted molar refractivity (Wildman–Crippen MR) is 261 cm³/mol. The molecule has 0 atom stereocenters. The third-order valence-corrected chi connectivity index (χ3v) is 14.5. The summed E-state index contributed by atoms with van der Waals surface area (Å²) in [5.74, 6) is 0. The first-order valence-electron chi connectivity index (χ1n) is 22.3. The van der Waals surface area contributed by atoms with Gasteiger partial charge in [0.15, 0.2) is 0 Å². The fourth-order valence-corrected chi connectivity index (χ4v) is 12.0. The van der Waals surface area contributed by atoms with E-state index >= 15 is 0 Å². The molecule has 0 amide bonds. The second-order valence-corrected chi connectivity index (χ2v) is 17.4. The van der Waals surface area contributed by atoms with Crippen molar-refractivity contribution in [3.63, 3.8) is 0 Å². The lowest BCUT2D eigenvalue weighted by Crippen LogP contribution is -2.44. The summed E-state index contributed by atoms with van der Waals surface area (Å²) >= 11 is 0. The zero-order chi connectivity index (χ0) is 41.5. The summed E-state index contributed by atoms with van der Waals surface area (Å²) in [4.78, 5) is 2.48. The van der Waals surface area contributed by atoms with Crippen molar-refractivity contribution >= 4 is 22.6 Å². The highest BCUT2D eigenvalue weighted by atomic mass is 15.1. The van der Waals surface area contributed by atoms with E-state index in [9.17, 15) is 0 Å². The summed E-state index contributed by atoms with van der Waals surface area (Å²) in [7, 11) is 0. The van der Waals surface area contributed by atoms with Gasteiger partial charge in [0, 0.05) is 16.9 Å².